The summed E-state index contributed by atoms with van der Waals surface area (Å²) in [4.78, 5) is 16.5. The number of carbonyl (C=O) groups is 1. The van der Waals surface area contributed by atoms with Gasteiger partial charge in [0.05, 0.1) is 0 Å². The van der Waals surface area contributed by atoms with Crippen LogP contribution in [0.4, 0.5) is 4.79 Å². The first-order valence-electron chi connectivity index (χ1n) is 4.71. The lowest BCUT2D eigenvalue weighted by Crippen LogP contribution is -2.27. The number of benzene rings is 1. The van der Waals surface area contributed by atoms with Crippen LogP contribution in [0.2, 0.25) is 5.02 Å². The van der Waals surface area contributed by atoms with Crippen LogP contribution in [0.1, 0.15) is 18.7 Å². The third-order valence-electron chi connectivity index (χ3n) is 2.06. The van der Waals surface area contributed by atoms with Crippen LogP contribution in [0.15, 0.2) is 24.3 Å². The first kappa shape index (κ1) is 10.3. The fourth-order valence-corrected chi connectivity index (χ4v) is 1.41. The molecule has 0 saturated carbocycles. The van der Waals surface area contributed by atoms with Gasteiger partial charge in [-0.05, 0) is 19.1 Å². The zero-order chi connectivity index (χ0) is 10.8. The van der Waals surface area contributed by atoms with Crippen LogP contribution in [-0.4, -0.2) is 17.6 Å². The van der Waals surface area contributed by atoms with Gasteiger partial charge in [-0.15, -0.1) is 0 Å². The van der Waals surface area contributed by atoms with Crippen LogP contribution in [0.3, 0.4) is 0 Å². The Morgan fingerprint density at radius 3 is 2.80 bits per heavy atom. The van der Waals surface area contributed by atoms with E-state index in [0.29, 0.717) is 11.6 Å². The highest BCUT2D eigenvalue weighted by Crippen LogP contribution is 2.36. The molecule has 1 heterocycles. The predicted molar refractivity (Wildman–Crippen MR) is 56.2 cm³/mol. The Morgan fingerprint density at radius 2 is 2.20 bits per heavy atom. The second-order valence-electron chi connectivity index (χ2n) is 3.17. The summed E-state index contributed by atoms with van der Waals surface area (Å²) in [6, 6.07) is 7.01. The molecule has 0 aliphatic carbocycles. The van der Waals surface area contributed by atoms with Crippen molar-refractivity contribution >= 4 is 17.6 Å². The van der Waals surface area contributed by atoms with E-state index in [1.807, 2.05) is 19.1 Å². The smallest absolute Gasteiger partial charge is 0.336 e. The van der Waals surface area contributed by atoms with Gasteiger partial charge in [-0.25, -0.2) is 9.63 Å². The number of rotatable bonds is 2. The van der Waals surface area contributed by atoms with Gasteiger partial charge in [0.25, 0.3) is 0 Å². The lowest BCUT2D eigenvalue weighted by molar-refractivity contribution is 0.177. The summed E-state index contributed by atoms with van der Waals surface area (Å²) in [7, 11) is 0. The largest absolute Gasteiger partial charge is 0.344 e. The van der Waals surface area contributed by atoms with E-state index in [0.717, 1.165) is 5.56 Å². The molecule has 1 atom stereocenters. The summed E-state index contributed by atoms with van der Waals surface area (Å²) in [5.74, 6) is 0. The average molecular weight is 227 g/mol. The molecule has 0 radical (unpaired) electrons. The van der Waals surface area contributed by atoms with E-state index >= 15 is 0 Å². The van der Waals surface area contributed by atoms with Crippen molar-refractivity contribution in [3.8, 4) is 0 Å². The normalized spacial score (nSPS) is 18.8. The van der Waals surface area contributed by atoms with Gasteiger partial charge >= 0.3 is 6.03 Å². The van der Waals surface area contributed by atoms with Crippen LogP contribution in [0.25, 0.3) is 0 Å². The molecule has 1 unspecified atom stereocenters. The van der Waals surface area contributed by atoms with Crippen LogP contribution in [0.5, 0.6) is 0 Å². The number of halogens is 1. The molecule has 0 bridgehead atoms. The molecular formula is C10H11ClN2O2. The zero-order valence-electron chi connectivity index (χ0n) is 8.24. The predicted octanol–water partition coefficient (Wildman–Crippen LogP) is 2.32. The van der Waals surface area contributed by atoms with E-state index in [9.17, 15) is 4.79 Å². The molecule has 2 amide bonds. The Morgan fingerprint density at radius 1 is 1.53 bits per heavy atom. The van der Waals surface area contributed by atoms with Crippen LogP contribution in [-0.2, 0) is 4.84 Å². The molecule has 1 saturated heterocycles. The molecule has 1 aliphatic rings. The van der Waals surface area contributed by atoms with Crippen molar-refractivity contribution in [2.45, 2.75) is 13.2 Å². The van der Waals surface area contributed by atoms with E-state index in [1.54, 1.807) is 12.1 Å². The van der Waals surface area contributed by atoms with Gasteiger partial charge in [0.15, 0.2) is 0 Å². The molecule has 1 aliphatic heterocycles. The second kappa shape index (κ2) is 4.08. The van der Waals surface area contributed by atoms with Crippen molar-refractivity contribution in [3.63, 3.8) is 0 Å². The molecule has 4 nitrogen and oxygen atoms in total. The summed E-state index contributed by atoms with van der Waals surface area (Å²) < 4.78 is 0. The molecule has 0 aromatic heterocycles. The molecular weight excluding hydrogens is 216 g/mol. The van der Waals surface area contributed by atoms with Crippen molar-refractivity contribution in [2.75, 3.05) is 6.54 Å². The van der Waals surface area contributed by atoms with Crippen LogP contribution in [0, 0.1) is 0 Å². The fraction of sp³-hybridized carbons (Fsp3) is 0.300. The molecule has 0 spiro atoms. The molecule has 5 heteroatoms. The maximum atomic E-state index is 11.3. The topological polar surface area (TPSA) is 44.6 Å². The maximum absolute atomic E-state index is 11.3. The van der Waals surface area contributed by atoms with Gasteiger partial charge in [-0.1, -0.05) is 23.7 Å². The highest BCUT2D eigenvalue weighted by Gasteiger charge is 2.42. The number of nitrogens with one attached hydrogen (secondary N) is 1. The van der Waals surface area contributed by atoms with E-state index < -0.39 is 0 Å². The summed E-state index contributed by atoms with van der Waals surface area (Å²) >= 11 is 5.75. The number of hydrogen-bond donors (Lipinski definition) is 1. The molecule has 1 N–H and O–H groups in total. The summed E-state index contributed by atoms with van der Waals surface area (Å²) in [6.45, 7) is 2.45. The standard InChI is InChI=1S/C10H11ClN2O2/c1-2-12-10(14)13-9(15-13)7-3-5-8(11)6-4-7/h3-6,9H,2H2,1H3,(H,12,14). The van der Waals surface area contributed by atoms with Crippen molar-refractivity contribution in [1.82, 2.24) is 10.4 Å². The van der Waals surface area contributed by atoms with E-state index in [4.69, 9.17) is 16.4 Å². The quantitative estimate of drug-likeness (QED) is 0.787. The minimum absolute atomic E-state index is 0.211. The lowest BCUT2D eigenvalue weighted by Gasteiger charge is -1.99. The van der Waals surface area contributed by atoms with E-state index in [1.165, 1.54) is 5.06 Å². The number of hydroxylamine groups is 2. The van der Waals surface area contributed by atoms with Gasteiger partial charge in [0.1, 0.15) is 0 Å². The Labute approximate surface area is 92.7 Å². The lowest BCUT2D eigenvalue weighted by atomic mass is 10.2. The highest BCUT2D eigenvalue weighted by atomic mass is 35.5. The Balaban J connectivity index is 1.98. The molecule has 1 fully saturated rings. The fourth-order valence-electron chi connectivity index (χ4n) is 1.29. The zero-order valence-corrected chi connectivity index (χ0v) is 8.99. The van der Waals surface area contributed by atoms with Crippen molar-refractivity contribution in [1.29, 1.82) is 0 Å². The monoisotopic (exact) mass is 226 g/mol. The third kappa shape index (κ3) is 2.22. The molecule has 15 heavy (non-hydrogen) atoms. The SMILES string of the molecule is CCNC(=O)N1OC1c1ccc(Cl)cc1. The second-order valence-corrected chi connectivity index (χ2v) is 3.61. The average Bonchev–Trinajstić information content (AvgIpc) is 2.99. The first-order valence-corrected chi connectivity index (χ1v) is 5.09. The molecule has 1 aromatic rings. The van der Waals surface area contributed by atoms with Gasteiger partial charge in [0, 0.05) is 17.1 Å². The Bertz CT molecular complexity index is 366. The number of urea groups is 1. The molecule has 80 valence electrons. The molecule has 2 rings (SSSR count). The van der Waals surface area contributed by atoms with Gasteiger partial charge in [0.2, 0.25) is 6.23 Å². The van der Waals surface area contributed by atoms with E-state index in [-0.39, 0.29) is 12.3 Å². The number of hydrogen-bond acceptors (Lipinski definition) is 2. The van der Waals surface area contributed by atoms with Gasteiger partial charge in [-0.2, -0.15) is 5.06 Å². The molecule has 1 aromatic carbocycles. The number of amides is 2. The Kier molecular flexibility index (Phi) is 2.79. The first-order chi connectivity index (χ1) is 7.22. The summed E-state index contributed by atoms with van der Waals surface area (Å²) in [6.07, 6.45) is -0.270. The Hall–Kier alpha value is -1.26. The van der Waals surface area contributed by atoms with Crippen molar-refractivity contribution in [2.24, 2.45) is 0 Å². The summed E-state index contributed by atoms with van der Waals surface area (Å²) in [5, 5.41) is 4.62. The highest BCUT2D eigenvalue weighted by molar-refractivity contribution is 6.30. The van der Waals surface area contributed by atoms with Gasteiger partial charge in [-0.3, -0.25) is 0 Å². The van der Waals surface area contributed by atoms with Gasteiger partial charge < -0.3 is 5.32 Å². The third-order valence-corrected chi connectivity index (χ3v) is 2.32. The number of carbonyl (C=O) groups excluding carboxylic acids is 1. The van der Waals surface area contributed by atoms with E-state index in [2.05, 4.69) is 5.32 Å². The minimum Gasteiger partial charge on any atom is -0.336 e. The number of nitrogens with zero attached hydrogens (tertiary/aromatic N) is 1. The van der Waals surface area contributed by atoms with Crippen molar-refractivity contribution < 1.29 is 9.63 Å². The van der Waals surface area contributed by atoms with Crippen LogP contribution < -0.4 is 5.32 Å². The van der Waals surface area contributed by atoms with Crippen molar-refractivity contribution in [3.05, 3.63) is 34.9 Å². The van der Waals surface area contributed by atoms with Crippen LogP contribution >= 0.6 is 11.6 Å². The minimum atomic E-state index is -0.270. The maximum Gasteiger partial charge on any atom is 0.344 e. The summed E-state index contributed by atoms with van der Waals surface area (Å²) in [5.41, 5.74) is 0.922.